The van der Waals surface area contributed by atoms with E-state index in [0.717, 1.165) is 19.3 Å². The van der Waals surface area contributed by atoms with Crippen molar-refractivity contribution in [2.24, 2.45) is 17.3 Å². The van der Waals surface area contributed by atoms with Crippen LogP contribution in [0.25, 0.3) is 11.1 Å². The van der Waals surface area contributed by atoms with Crippen molar-refractivity contribution in [2.45, 2.75) is 44.1 Å². The highest BCUT2D eigenvalue weighted by Crippen LogP contribution is 2.56. The number of carboxylic acids is 1. The SMILES string of the molecule is O=C(N[C@H]1CC[C@@H](C(=O)N2CC(C(=O)O)C3(CC3)C2)C1)OCC1c2ccccc2-c2ccccc21. The Hall–Kier alpha value is -3.35. The van der Waals surface area contributed by atoms with Crippen LogP contribution in [-0.2, 0) is 14.3 Å². The Morgan fingerprint density at radius 1 is 1.00 bits per heavy atom. The second kappa shape index (κ2) is 8.40. The number of hydrogen-bond acceptors (Lipinski definition) is 4. The number of carbonyl (C=O) groups is 3. The Labute approximate surface area is 204 Å². The van der Waals surface area contributed by atoms with Crippen molar-refractivity contribution in [3.8, 4) is 11.1 Å². The lowest BCUT2D eigenvalue weighted by molar-refractivity contribution is -0.143. The van der Waals surface area contributed by atoms with Crippen LogP contribution in [0.15, 0.2) is 48.5 Å². The second-order valence-electron chi connectivity index (χ2n) is 10.6. The normalized spacial score (nSPS) is 25.8. The van der Waals surface area contributed by atoms with E-state index >= 15 is 0 Å². The molecule has 0 bridgehead atoms. The van der Waals surface area contributed by atoms with Crippen molar-refractivity contribution in [1.29, 1.82) is 0 Å². The molecular formula is C28H30N2O5. The van der Waals surface area contributed by atoms with Gasteiger partial charge in [-0.25, -0.2) is 4.79 Å². The molecule has 7 nitrogen and oxygen atoms in total. The van der Waals surface area contributed by atoms with Gasteiger partial charge in [0, 0.05) is 36.4 Å². The van der Waals surface area contributed by atoms with Gasteiger partial charge in [0.15, 0.2) is 0 Å². The molecule has 3 aliphatic carbocycles. The molecule has 6 rings (SSSR count). The van der Waals surface area contributed by atoms with Gasteiger partial charge in [-0.2, -0.15) is 0 Å². The van der Waals surface area contributed by atoms with Crippen molar-refractivity contribution >= 4 is 18.0 Å². The van der Waals surface area contributed by atoms with Crippen molar-refractivity contribution in [2.75, 3.05) is 19.7 Å². The van der Waals surface area contributed by atoms with Gasteiger partial charge in [0.05, 0.1) is 5.92 Å². The molecule has 7 heteroatoms. The summed E-state index contributed by atoms with van der Waals surface area (Å²) in [5, 5.41) is 12.5. The summed E-state index contributed by atoms with van der Waals surface area (Å²) in [7, 11) is 0. The number of carboxylic acid groups (broad SMARTS) is 1. The average Bonchev–Trinajstić information content (AvgIpc) is 3.18. The molecule has 2 aromatic rings. The van der Waals surface area contributed by atoms with Gasteiger partial charge in [0.2, 0.25) is 5.91 Å². The van der Waals surface area contributed by atoms with E-state index in [0.29, 0.717) is 25.9 Å². The monoisotopic (exact) mass is 474 g/mol. The molecule has 0 radical (unpaired) electrons. The standard InChI is InChI=1S/C28H30N2O5/c31-25(30-14-24(26(32)33)28(16-30)11-12-28)17-9-10-18(13-17)29-27(34)35-15-23-21-7-3-1-5-19(21)20-6-2-4-8-22(20)23/h1-8,17-18,23-24H,9-16H2,(H,29,34)(H,32,33)/t17-,18+,24?/m1/s1. The number of rotatable bonds is 5. The maximum Gasteiger partial charge on any atom is 0.407 e. The number of benzene rings is 2. The summed E-state index contributed by atoms with van der Waals surface area (Å²) in [6.45, 7) is 1.14. The minimum atomic E-state index is -0.793. The predicted octanol–water partition coefficient (Wildman–Crippen LogP) is 4.02. The molecule has 3 atom stereocenters. The fourth-order valence-corrected chi connectivity index (χ4v) is 6.55. The summed E-state index contributed by atoms with van der Waals surface area (Å²) in [5.41, 5.74) is 4.53. The largest absolute Gasteiger partial charge is 0.481 e. The summed E-state index contributed by atoms with van der Waals surface area (Å²) < 4.78 is 5.66. The minimum Gasteiger partial charge on any atom is -0.481 e. The van der Waals surface area contributed by atoms with Crippen molar-refractivity contribution in [1.82, 2.24) is 10.2 Å². The molecule has 2 N–H and O–H groups in total. The molecule has 1 saturated heterocycles. The summed E-state index contributed by atoms with van der Waals surface area (Å²) in [4.78, 5) is 39.1. The van der Waals surface area contributed by atoms with Crippen LogP contribution in [0.1, 0.15) is 49.1 Å². The Bertz CT molecular complexity index is 1140. The third kappa shape index (κ3) is 3.87. The lowest BCUT2D eigenvalue weighted by Crippen LogP contribution is -2.37. The molecule has 2 amide bonds. The Morgan fingerprint density at radius 3 is 2.26 bits per heavy atom. The fourth-order valence-electron chi connectivity index (χ4n) is 6.55. The van der Waals surface area contributed by atoms with Gasteiger partial charge in [-0.1, -0.05) is 48.5 Å². The number of amides is 2. The Morgan fingerprint density at radius 2 is 1.66 bits per heavy atom. The molecule has 1 spiro atoms. The lowest BCUT2D eigenvalue weighted by Gasteiger charge is -2.21. The first-order valence-corrected chi connectivity index (χ1v) is 12.6. The first kappa shape index (κ1) is 22.1. The topological polar surface area (TPSA) is 95.9 Å². The number of alkyl carbamates (subject to hydrolysis) is 1. The smallest absolute Gasteiger partial charge is 0.407 e. The van der Waals surface area contributed by atoms with Crippen LogP contribution in [0.4, 0.5) is 4.79 Å². The quantitative estimate of drug-likeness (QED) is 0.683. The van der Waals surface area contributed by atoms with Crippen LogP contribution < -0.4 is 5.32 Å². The van der Waals surface area contributed by atoms with Crippen LogP contribution >= 0.6 is 0 Å². The number of ether oxygens (including phenoxy) is 1. The Kier molecular flexibility index (Phi) is 5.31. The first-order valence-electron chi connectivity index (χ1n) is 12.6. The number of hydrogen-bond donors (Lipinski definition) is 2. The van der Waals surface area contributed by atoms with Gasteiger partial charge in [0.25, 0.3) is 0 Å². The van der Waals surface area contributed by atoms with Gasteiger partial charge in [-0.3, -0.25) is 9.59 Å². The molecule has 2 saturated carbocycles. The number of carbonyl (C=O) groups excluding carboxylic acids is 2. The number of nitrogens with one attached hydrogen (secondary N) is 1. The number of fused-ring (bicyclic) bond motifs is 3. The van der Waals surface area contributed by atoms with Crippen LogP contribution in [0.3, 0.4) is 0 Å². The number of aliphatic carboxylic acids is 1. The first-order chi connectivity index (χ1) is 16.9. The summed E-state index contributed by atoms with van der Waals surface area (Å²) in [5.74, 6) is -1.35. The molecule has 182 valence electrons. The number of likely N-dealkylation sites (tertiary alicyclic amines) is 1. The van der Waals surface area contributed by atoms with Crippen molar-refractivity contribution < 1.29 is 24.2 Å². The minimum absolute atomic E-state index is 0.0122. The molecular weight excluding hydrogens is 444 g/mol. The highest BCUT2D eigenvalue weighted by Gasteiger charge is 2.59. The van der Waals surface area contributed by atoms with Gasteiger partial charge in [-0.05, 0) is 54.4 Å². The summed E-state index contributed by atoms with van der Waals surface area (Å²) in [6, 6.07) is 16.4. The molecule has 35 heavy (non-hydrogen) atoms. The summed E-state index contributed by atoms with van der Waals surface area (Å²) in [6.07, 6.45) is 3.34. The molecule has 3 fully saturated rings. The zero-order chi connectivity index (χ0) is 24.2. The van der Waals surface area contributed by atoms with E-state index in [1.165, 1.54) is 22.3 Å². The van der Waals surface area contributed by atoms with Gasteiger partial charge in [-0.15, -0.1) is 0 Å². The van der Waals surface area contributed by atoms with Crippen molar-refractivity contribution in [3.05, 3.63) is 59.7 Å². The second-order valence-corrected chi connectivity index (χ2v) is 10.6. The van der Waals surface area contributed by atoms with E-state index in [9.17, 15) is 19.5 Å². The van der Waals surface area contributed by atoms with Crippen molar-refractivity contribution in [3.63, 3.8) is 0 Å². The van der Waals surface area contributed by atoms with Gasteiger partial charge < -0.3 is 20.1 Å². The molecule has 1 unspecified atom stereocenters. The fraction of sp³-hybridized carbons (Fsp3) is 0.464. The van der Waals surface area contributed by atoms with E-state index in [1.807, 2.05) is 24.3 Å². The molecule has 1 aliphatic heterocycles. The zero-order valence-corrected chi connectivity index (χ0v) is 19.6. The average molecular weight is 475 g/mol. The lowest BCUT2D eigenvalue weighted by atomic mass is 9.93. The third-order valence-corrected chi connectivity index (χ3v) is 8.60. The maximum absolute atomic E-state index is 13.1. The maximum atomic E-state index is 13.1. The van der Waals surface area contributed by atoms with E-state index in [-0.39, 0.29) is 35.8 Å². The van der Waals surface area contributed by atoms with E-state index < -0.39 is 18.0 Å². The van der Waals surface area contributed by atoms with E-state index in [1.54, 1.807) is 4.90 Å². The Balaban J connectivity index is 1.03. The molecule has 4 aliphatic rings. The summed E-state index contributed by atoms with van der Waals surface area (Å²) >= 11 is 0. The van der Waals surface area contributed by atoms with Gasteiger partial charge in [0.1, 0.15) is 6.61 Å². The van der Waals surface area contributed by atoms with E-state index in [4.69, 9.17) is 4.74 Å². The van der Waals surface area contributed by atoms with Gasteiger partial charge >= 0.3 is 12.1 Å². The van der Waals surface area contributed by atoms with Crippen LogP contribution in [0.5, 0.6) is 0 Å². The van der Waals surface area contributed by atoms with Crippen LogP contribution in [0, 0.1) is 17.3 Å². The van der Waals surface area contributed by atoms with Crippen LogP contribution in [-0.4, -0.2) is 53.7 Å². The van der Waals surface area contributed by atoms with E-state index in [2.05, 4.69) is 29.6 Å². The highest BCUT2D eigenvalue weighted by atomic mass is 16.5. The zero-order valence-electron chi connectivity index (χ0n) is 19.6. The molecule has 2 aromatic carbocycles. The predicted molar refractivity (Wildman–Crippen MR) is 129 cm³/mol. The highest BCUT2D eigenvalue weighted by molar-refractivity contribution is 5.82. The molecule has 0 aromatic heterocycles. The molecule has 1 heterocycles. The van der Waals surface area contributed by atoms with Crippen LogP contribution in [0.2, 0.25) is 0 Å². The number of nitrogens with zero attached hydrogens (tertiary/aromatic N) is 1. The third-order valence-electron chi connectivity index (χ3n) is 8.60.